The zero-order chi connectivity index (χ0) is 84.6. The highest BCUT2D eigenvalue weighted by molar-refractivity contribution is 7.51. The number of hydrogen-bond acceptors (Lipinski definition) is 27. The lowest BCUT2D eigenvalue weighted by Crippen LogP contribution is -2.55. The van der Waals surface area contributed by atoms with Crippen LogP contribution in [0.1, 0.15) is 284 Å². The third-order valence-electron chi connectivity index (χ3n) is 22.8. The molecule has 32 heteroatoms. The van der Waals surface area contributed by atoms with Crippen LogP contribution in [0.3, 0.4) is 0 Å². The van der Waals surface area contributed by atoms with Crippen molar-refractivity contribution in [2.24, 2.45) is 23.2 Å². The molecule has 31 nitrogen and oxygen atoms in total. The first kappa shape index (κ1) is 104. The van der Waals surface area contributed by atoms with Gasteiger partial charge in [-0.05, 0) is 116 Å². The fourth-order valence-corrected chi connectivity index (χ4v) is 15.8. The van der Waals surface area contributed by atoms with Gasteiger partial charge in [-0.25, -0.2) is 0 Å². The first-order valence-corrected chi connectivity index (χ1v) is 45.4. The number of carbonyl (C=O) groups is 8. The normalized spacial score (nSPS) is 26.8. The molecule has 0 radical (unpaired) electrons. The average molecular weight is 1670 g/mol. The van der Waals surface area contributed by atoms with Crippen LogP contribution in [-0.2, 0) is 80.6 Å². The lowest BCUT2D eigenvalue weighted by molar-refractivity contribution is -0.282. The van der Waals surface area contributed by atoms with Crippen LogP contribution in [0, 0.1) is 23.2 Å². The molecule has 0 aliphatic carbocycles. The van der Waals surface area contributed by atoms with Crippen LogP contribution < -0.4 is 10.6 Å². The molecule has 0 spiro atoms. The molecule has 13 N–H and O–H groups in total. The predicted octanol–water partition coefficient (Wildman–Crippen LogP) is 6.74. The highest BCUT2D eigenvalue weighted by atomic mass is 31.2. The molecule has 4 aliphatic heterocycles. The van der Waals surface area contributed by atoms with Crippen molar-refractivity contribution < 1.29 is 137 Å². The zero-order valence-corrected chi connectivity index (χ0v) is 70.4. The Balaban J connectivity index is 1.28. The molecule has 4 fully saturated rings. The van der Waals surface area contributed by atoms with Gasteiger partial charge in [0.05, 0.1) is 70.1 Å². The summed E-state index contributed by atoms with van der Waals surface area (Å²) in [5, 5.41) is 106. The lowest BCUT2D eigenvalue weighted by atomic mass is 9.74. The molecule has 115 heavy (non-hydrogen) atoms. The number of likely N-dealkylation sites (tertiary alicyclic amines) is 1. The molecule has 0 aromatic rings. The number of aliphatic hydroxyl groups is 10. The van der Waals surface area contributed by atoms with Crippen molar-refractivity contribution in [1.29, 1.82) is 0 Å². The number of Topliss-reactive ketones (excluding diaryl/α,β-unsaturated/α-hetero) is 5. The van der Waals surface area contributed by atoms with Crippen molar-refractivity contribution in [1.82, 2.24) is 15.5 Å². The third-order valence-corrected chi connectivity index (χ3v) is 23.5. The number of aliphatic hydroxyl groups excluding tert-OH is 10. The van der Waals surface area contributed by atoms with Crippen molar-refractivity contribution in [2.45, 2.75) is 370 Å². The van der Waals surface area contributed by atoms with Crippen molar-refractivity contribution in [3.05, 3.63) is 0 Å². The molecule has 17 unspecified atom stereocenters. The Morgan fingerprint density at radius 3 is 1.14 bits per heavy atom. The van der Waals surface area contributed by atoms with Crippen LogP contribution in [0.4, 0.5) is 0 Å². The summed E-state index contributed by atoms with van der Waals surface area (Å²) in [5.41, 5.74) is -0.658. The Kier molecular flexibility index (Phi) is 53.2. The molecule has 4 rings (SSSR count). The Labute approximate surface area is 682 Å². The largest absolute Gasteiger partial charge is 0.394 e. The number of carbonyl (C=O) groups excluding carboxylic acids is 8. The molecule has 0 saturated carbocycles. The number of nitrogens with zero attached hydrogens (tertiary/aromatic N) is 1. The summed E-state index contributed by atoms with van der Waals surface area (Å²) >= 11 is 0. The number of hydrogen-bond donors (Lipinski definition) is 13. The molecule has 4 heterocycles. The maximum atomic E-state index is 14.3. The second-order valence-electron chi connectivity index (χ2n) is 33.0. The number of unbranched alkanes of at least 4 members (excludes halogenated alkanes) is 16. The maximum absolute atomic E-state index is 14.3. The Bertz CT molecular complexity index is 2570. The molecule has 4 saturated heterocycles. The van der Waals surface area contributed by atoms with E-state index in [1.54, 1.807) is 25.7 Å². The number of amides is 3. The van der Waals surface area contributed by atoms with Crippen LogP contribution in [-0.4, -0.2) is 279 Å². The summed E-state index contributed by atoms with van der Waals surface area (Å²) in [6, 6.07) is -0.456. The monoisotopic (exact) mass is 1670 g/mol. The first-order chi connectivity index (χ1) is 55.0. The third kappa shape index (κ3) is 42.5. The van der Waals surface area contributed by atoms with E-state index in [1.165, 1.54) is 0 Å². The minimum Gasteiger partial charge on any atom is -0.394 e. The number of β-amino-alcohol motifs (C(OH)–C–C–N with tert-alkyl or cyclic N) is 1. The van der Waals surface area contributed by atoms with E-state index in [4.69, 9.17) is 37.7 Å². The first-order valence-electron chi connectivity index (χ1n) is 43.4. The van der Waals surface area contributed by atoms with E-state index in [-0.39, 0.29) is 125 Å². The van der Waals surface area contributed by atoms with Gasteiger partial charge >= 0.3 is 7.60 Å². The van der Waals surface area contributed by atoms with Gasteiger partial charge in [0.1, 0.15) is 65.5 Å². The van der Waals surface area contributed by atoms with Crippen LogP contribution >= 0.6 is 7.60 Å². The smallest absolute Gasteiger partial charge is 0.325 e. The molecule has 0 aromatic carbocycles. The molecule has 0 bridgehead atoms. The number of ketones is 5. The van der Waals surface area contributed by atoms with Gasteiger partial charge in [-0.3, -0.25) is 42.9 Å². The molecule has 4 aliphatic rings. The quantitative estimate of drug-likeness (QED) is 0.0221. The summed E-state index contributed by atoms with van der Waals surface area (Å²) in [4.78, 5) is 116. The van der Waals surface area contributed by atoms with Gasteiger partial charge in [0.15, 0.2) is 18.9 Å². The summed E-state index contributed by atoms with van der Waals surface area (Å²) in [6.07, 6.45) is 9.57. The predicted molar refractivity (Wildman–Crippen MR) is 425 cm³/mol. The van der Waals surface area contributed by atoms with Gasteiger partial charge in [-0.15, -0.1) is 0 Å². The zero-order valence-electron chi connectivity index (χ0n) is 69.5. The van der Waals surface area contributed by atoms with Crippen LogP contribution in [0.15, 0.2) is 0 Å². The Hall–Kier alpha value is -3.77. The van der Waals surface area contributed by atoms with Gasteiger partial charge in [0, 0.05) is 153 Å². The SMILES string of the molecule is CC1C(OCCCCC(=O)CCCCCC(=O)CCCCC(CCCCC(=O)NCCCNC(=O)CCCCOC2OC(CO)C(O)C(O)C2C)(COCCC(=O)CCCCCC(=O)CCCCOC2OC(CO)C(O)C(O)C2C)CC(=O)CCCCCCCCCCC(=O)N2C[C@H](O)C[C@H]2COP(C)(=O)O)OC(CO)C(O)C1O. The van der Waals surface area contributed by atoms with Crippen LogP contribution in [0.25, 0.3) is 0 Å². The summed E-state index contributed by atoms with van der Waals surface area (Å²) in [5.74, 6) is -1.50. The second kappa shape index (κ2) is 59.1. The molecular weight excluding hydrogens is 1520 g/mol. The highest BCUT2D eigenvalue weighted by Gasteiger charge is 2.45. The molecule has 0 aromatic heterocycles. The van der Waals surface area contributed by atoms with Crippen molar-refractivity contribution >= 4 is 54.2 Å². The minimum atomic E-state index is -3.74. The van der Waals surface area contributed by atoms with Gasteiger partial charge in [-0.2, -0.15) is 0 Å². The molecule has 19 atom stereocenters. The van der Waals surface area contributed by atoms with Gasteiger partial charge < -0.3 is 109 Å². The lowest BCUT2D eigenvalue weighted by Gasteiger charge is -2.40. The number of ether oxygens (including phenoxy) is 7. The fourth-order valence-electron chi connectivity index (χ4n) is 15.4. The Morgan fingerprint density at radius 2 is 0.748 bits per heavy atom. The molecular formula is C83H148N3O28P. The van der Waals surface area contributed by atoms with E-state index in [9.17, 15) is 98.9 Å². The van der Waals surface area contributed by atoms with E-state index >= 15 is 0 Å². The second-order valence-corrected chi connectivity index (χ2v) is 34.8. The number of nitrogens with one attached hydrogen (secondary N) is 2. The standard InChI is InChI=1S/C83H148N3O28P/c1-58-74(99)77(102)68(53-87)112-80(58)108-46-26-21-35-63(91)31-15-11-14-30-62(90)34-19-24-42-83(51-66(94)37-13-9-7-5-6-8-10-18-40-73(98)86-52-67(95)50-61(86)56-111-115(4,105)106,43-25-20-38-71(96)84-44-29-45-85-72(97)39-23-28-48-110-82-60(3)76(101)79(104)70(55-89)114-82)57-107-49-41-65(93)33-17-12-16-32-64(92)36-22-27-47-109-81-59(2)75(100)78(103)69(54-88)113-81/h58-61,67-70,74-82,87-89,95,99-104H,5-57H2,1-4H3,(H,84,96)(H,85,97)(H,105,106)/t58?,59?,60?,61-,67+,68?,69?,70?,74?,75?,76?,77?,78?,79?,80?,81?,82?,83?/m0/s1. The van der Waals surface area contributed by atoms with Crippen LogP contribution in [0.2, 0.25) is 0 Å². The van der Waals surface area contributed by atoms with E-state index < -0.39 is 137 Å². The number of rotatable bonds is 68. The fraction of sp³-hybridized carbons (Fsp3) is 0.904. The van der Waals surface area contributed by atoms with Crippen molar-refractivity contribution in [2.75, 3.05) is 85.8 Å². The van der Waals surface area contributed by atoms with Gasteiger partial charge in [0.25, 0.3) is 0 Å². The minimum absolute atomic E-state index is 0.0202. The summed E-state index contributed by atoms with van der Waals surface area (Å²) in [7, 11) is -3.74. The summed E-state index contributed by atoms with van der Waals surface area (Å²) in [6.45, 7) is 6.66. The van der Waals surface area contributed by atoms with E-state index in [0.717, 1.165) is 45.2 Å². The Morgan fingerprint density at radius 1 is 0.417 bits per heavy atom. The van der Waals surface area contributed by atoms with Crippen molar-refractivity contribution in [3.63, 3.8) is 0 Å². The van der Waals surface area contributed by atoms with E-state index in [0.29, 0.717) is 206 Å². The van der Waals surface area contributed by atoms with E-state index in [2.05, 4.69) is 10.6 Å². The highest BCUT2D eigenvalue weighted by Crippen LogP contribution is 2.40. The van der Waals surface area contributed by atoms with Gasteiger partial charge in [0.2, 0.25) is 17.7 Å². The summed E-state index contributed by atoms with van der Waals surface area (Å²) < 4.78 is 57.3. The van der Waals surface area contributed by atoms with Crippen LogP contribution in [0.5, 0.6) is 0 Å². The molecule has 3 amide bonds. The van der Waals surface area contributed by atoms with Gasteiger partial charge in [-0.1, -0.05) is 85.0 Å². The topological polar surface area (TPSA) is 477 Å². The van der Waals surface area contributed by atoms with Crippen molar-refractivity contribution in [3.8, 4) is 0 Å². The maximum Gasteiger partial charge on any atom is 0.325 e. The molecule has 668 valence electrons. The van der Waals surface area contributed by atoms with E-state index in [1.807, 2.05) is 0 Å². The average Bonchev–Trinajstić information content (AvgIpc) is 1.85.